The molecule has 5 nitrogen and oxygen atoms in total. The van der Waals surface area contributed by atoms with Crippen LogP contribution in [0.3, 0.4) is 0 Å². The lowest BCUT2D eigenvalue weighted by atomic mass is 9.96. The molecule has 0 aliphatic carbocycles. The first kappa shape index (κ1) is 23.2. The second-order valence-corrected chi connectivity index (χ2v) is 9.95. The SMILES string of the molecule is CC(C)(C)OC(=O)N1C[C@@H](c2ccc(F)cc2)C[C@H]1C(=O)N1CCC(c2ccc(F)cc2)C1. The van der Waals surface area contributed by atoms with Crippen molar-refractivity contribution in [3.8, 4) is 0 Å². The number of carbonyl (C=O) groups is 2. The van der Waals surface area contributed by atoms with Crippen LogP contribution in [0.1, 0.15) is 56.6 Å². The van der Waals surface area contributed by atoms with Crippen LogP contribution in [0.15, 0.2) is 48.5 Å². The average molecular weight is 457 g/mol. The number of halogens is 2. The molecule has 2 aliphatic heterocycles. The summed E-state index contributed by atoms with van der Waals surface area (Å²) in [6.07, 6.45) is 0.735. The third kappa shape index (κ3) is 5.34. The average Bonchev–Trinajstić information content (AvgIpc) is 3.41. The van der Waals surface area contributed by atoms with Crippen molar-refractivity contribution < 1.29 is 23.1 Å². The van der Waals surface area contributed by atoms with Gasteiger partial charge < -0.3 is 9.64 Å². The van der Waals surface area contributed by atoms with Gasteiger partial charge in [-0.15, -0.1) is 0 Å². The quantitative estimate of drug-likeness (QED) is 0.648. The molecule has 2 aromatic carbocycles. The van der Waals surface area contributed by atoms with Crippen molar-refractivity contribution in [2.24, 2.45) is 0 Å². The van der Waals surface area contributed by atoms with Gasteiger partial charge in [0, 0.05) is 31.5 Å². The fraction of sp³-hybridized carbons (Fsp3) is 0.462. The Kier molecular flexibility index (Phi) is 6.41. The van der Waals surface area contributed by atoms with Gasteiger partial charge in [0.15, 0.2) is 0 Å². The van der Waals surface area contributed by atoms with Crippen molar-refractivity contribution in [2.75, 3.05) is 19.6 Å². The van der Waals surface area contributed by atoms with Gasteiger partial charge in [0.2, 0.25) is 5.91 Å². The maximum atomic E-state index is 13.5. The van der Waals surface area contributed by atoms with Crippen LogP contribution in [0.4, 0.5) is 13.6 Å². The molecule has 2 aliphatic rings. The zero-order valence-corrected chi connectivity index (χ0v) is 19.3. The van der Waals surface area contributed by atoms with E-state index in [0.29, 0.717) is 26.1 Å². The van der Waals surface area contributed by atoms with Gasteiger partial charge >= 0.3 is 6.09 Å². The lowest BCUT2D eigenvalue weighted by Crippen LogP contribution is -2.48. The van der Waals surface area contributed by atoms with Gasteiger partial charge in [0.05, 0.1) is 0 Å². The zero-order chi connectivity index (χ0) is 23.8. The van der Waals surface area contributed by atoms with Crippen molar-refractivity contribution in [2.45, 2.75) is 57.1 Å². The fourth-order valence-electron chi connectivity index (χ4n) is 4.75. The Balaban J connectivity index is 1.52. The highest BCUT2D eigenvalue weighted by molar-refractivity contribution is 5.87. The second kappa shape index (κ2) is 9.12. The van der Waals surface area contributed by atoms with Gasteiger partial charge in [-0.05, 0) is 69.0 Å². The van der Waals surface area contributed by atoms with E-state index in [1.807, 2.05) is 0 Å². The number of hydrogen-bond donors (Lipinski definition) is 0. The van der Waals surface area contributed by atoms with Gasteiger partial charge in [0.25, 0.3) is 0 Å². The molecule has 33 heavy (non-hydrogen) atoms. The number of rotatable bonds is 3. The van der Waals surface area contributed by atoms with E-state index >= 15 is 0 Å². The summed E-state index contributed by atoms with van der Waals surface area (Å²) in [5.41, 5.74) is 1.22. The molecule has 2 heterocycles. The van der Waals surface area contributed by atoms with E-state index in [1.54, 1.807) is 49.9 Å². The normalized spacial score (nSPS) is 23.1. The molecule has 3 atom stereocenters. The summed E-state index contributed by atoms with van der Waals surface area (Å²) >= 11 is 0. The maximum Gasteiger partial charge on any atom is 0.410 e. The van der Waals surface area contributed by atoms with Crippen molar-refractivity contribution >= 4 is 12.0 Å². The first-order chi connectivity index (χ1) is 15.6. The Bertz CT molecular complexity index is 1000. The lowest BCUT2D eigenvalue weighted by molar-refractivity contribution is -0.134. The minimum Gasteiger partial charge on any atom is -0.444 e. The highest BCUT2D eigenvalue weighted by Gasteiger charge is 2.44. The van der Waals surface area contributed by atoms with Crippen LogP contribution in [-0.4, -0.2) is 53.1 Å². The number of likely N-dealkylation sites (tertiary alicyclic amines) is 2. The van der Waals surface area contributed by atoms with Gasteiger partial charge in [-0.2, -0.15) is 0 Å². The van der Waals surface area contributed by atoms with Crippen molar-refractivity contribution in [3.05, 3.63) is 71.3 Å². The molecule has 2 saturated heterocycles. The molecule has 2 fully saturated rings. The van der Waals surface area contributed by atoms with E-state index < -0.39 is 17.7 Å². The van der Waals surface area contributed by atoms with E-state index in [-0.39, 0.29) is 29.4 Å². The summed E-state index contributed by atoms with van der Waals surface area (Å²) in [6, 6.07) is 12.0. The molecule has 1 unspecified atom stereocenters. The molecule has 2 amide bonds. The monoisotopic (exact) mass is 456 g/mol. The number of benzene rings is 2. The number of nitrogens with zero attached hydrogens (tertiary/aromatic N) is 2. The van der Waals surface area contributed by atoms with E-state index in [9.17, 15) is 18.4 Å². The second-order valence-electron chi connectivity index (χ2n) is 9.95. The van der Waals surface area contributed by atoms with Crippen LogP contribution in [0.2, 0.25) is 0 Å². The van der Waals surface area contributed by atoms with E-state index in [4.69, 9.17) is 4.74 Å². The summed E-state index contributed by atoms with van der Waals surface area (Å²) < 4.78 is 32.3. The Morgan fingerprint density at radius 2 is 1.42 bits per heavy atom. The predicted octanol–water partition coefficient (Wildman–Crippen LogP) is 5.07. The number of ether oxygens (including phenoxy) is 1. The summed E-state index contributed by atoms with van der Waals surface area (Å²) in [7, 11) is 0. The van der Waals surface area contributed by atoms with Gasteiger partial charge in [-0.1, -0.05) is 24.3 Å². The lowest BCUT2D eigenvalue weighted by Gasteiger charge is -2.30. The van der Waals surface area contributed by atoms with Gasteiger partial charge in [-0.25, -0.2) is 13.6 Å². The molecular weight excluding hydrogens is 426 g/mol. The highest BCUT2D eigenvalue weighted by Crippen LogP contribution is 2.36. The molecule has 0 N–H and O–H groups in total. The Morgan fingerprint density at radius 1 is 0.879 bits per heavy atom. The Morgan fingerprint density at radius 3 is 1.97 bits per heavy atom. The van der Waals surface area contributed by atoms with Crippen LogP contribution in [0, 0.1) is 11.6 Å². The fourth-order valence-corrected chi connectivity index (χ4v) is 4.75. The molecule has 7 heteroatoms. The summed E-state index contributed by atoms with van der Waals surface area (Å²) in [5, 5.41) is 0. The summed E-state index contributed by atoms with van der Waals surface area (Å²) in [6.45, 7) is 6.84. The smallest absolute Gasteiger partial charge is 0.410 e. The Labute approximate surface area is 193 Å². The molecular formula is C26H30F2N2O3. The van der Waals surface area contributed by atoms with Crippen LogP contribution in [-0.2, 0) is 9.53 Å². The minimum atomic E-state index is -0.681. The third-order valence-corrected chi connectivity index (χ3v) is 6.40. The van der Waals surface area contributed by atoms with Crippen molar-refractivity contribution in [1.29, 1.82) is 0 Å². The van der Waals surface area contributed by atoms with Gasteiger partial charge in [-0.3, -0.25) is 9.69 Å². The first-order valence-electron chi connectivity index (χ1n) is 11.4. The van der Waals surface area contributed by atoms with E-state index in [0.717, 1.165) is 17.5 Å². The van der Waals surface area contributed by atoms with Crippen LogP contribution in [0.25, 0.3) is 0 Å². The maximum absolute atomic E-state index is 13.5. The predicted molar refractivity (Wildman–Crippen MR) is 121 cm³/mol. The zero-order valence-electron chi connectivity index (χ0n) is 19.3. The summed E-state index contributed by atoms with van der Waals surface area (Å²) in [4.78, 5) is 29.8. The minimum absolute atomic E-state index is 0.0810. The number of amides is 2. The van der Waals surface area contributed by atoms with E-state index in [2.05, 4.69) is 0 Å². The third-order valence-electron chi connectivity index (χ3n) is 6.40. The molecule has 0 aromatic heterocycles. The molecule has 0 radical (unpaired) electrons. The largest absolute Gasteiger partial charge is 0.444 e. The molecule has 4 rings (SSSR count). The van der Waals surface area contributed by atoms with Crippen LogP contribution < -0.4 is 0 Å². The standard InChI is InChI=1S/C26H30F2N2O3/c1-26(2,3)33-25(32)30-16-20(18-6-10-22(28)11-7-18)14-23(30)24(31)29-13-12-19(15-29)17-4-8-21(27)9-5-17/h4-11,19-20,23H,12-16H2,1-3H3/t19?,20-,23-/m0/s1. The number of hydrogen-bond acceptors (Lipinski definition) is 3. The molecule has 176 valence electrons. The Hall–Kier alpha value is -2.96. The molecule has 0 bridgehead atoms. The molecule has 2 aromatic rings. The van der Waals surface area contributed by atoms with Gasteiger partial charge in [0.1, 0.15) is 23.3 Å². The van der Waals surface area contributed by atoms with Crippen LogP contribution >= 0.6 is 0 Å². The summed E-state index contributed by atoms with van der Waals surface area (Å²) in [5.74, 6) is -0.649. The molecule has 0 spiro atoms. The number of carbonyl (C=O) groups excluding carboxylic acids is 2. The molecule has 0 saturated carbocycles. The van der Waals surface area contributed by atoms with E-state index in [1.165, 1.54) is 29.2 Å². The topological polar surface area (TPSA) is 49.9 Å². The van der Waals surface area contributed by atoms with Crippen molar-refractivity contribution in [1.82, 2.24) is 9.80 Å². The highest BCUT2D eigenvalue weighted by atomic mass is 19.1. The van der Waals surface area contributed by atoms with Crippen molar-refractivity contribution in [3.63, 3.8) is 0 Å². The first-order valence-corrected chi connectivity index (χ1v) is 11.4. The van der Waals surface area contributed by atoms with Crippen LogP contribution in [0.5, 0.6) is 0 Å².